The van der Waals surface area contributed by atoms with Crippen molar-refractivity contribution in [1.29, 1.82) is 0 Å². The molecule has 2 aliphatic rings. The fourth-order valence-electron chi connectivity index (χ4n) is 6.60. The normalized spacial score (nSPS) is 14.4. The van der Waals surface area contributed by atoms with Gasteiger partial charge in [-0.1, -0.05) is 104 Å². The van der Waals surface area contributed by atoms with Crippen molar-refractivity contribution in [2.45, 2.75) is 19.3 Å². The SMILES string of the molecule is CC1(C)c2cccc3c2-c2c1ccc1c4ccc(-c5ccccc5Cl)cc4n(c21)-c1ccccc1-3. The molecule has 8 rings (SSSR count). The Hall–Kier alpha value is -3.81. The van der Waals surface area contributed by atoms with E-state index in [-0.39, 0.29) is 5.41 Å². The van der Waals surface area contributed by atoms with Crippen LogP contribution >= 0.6 is 11.6 Å². The maximum Gasteiger partial charge on any atom is 0.0623 e. The zero-order valence-corrected chi connectivity index (χ0v) is 20.3. The van der Waals surface area contributed by atoms with Crippen molar-refractivity contribution >= 4 is 33.4 Å². The summed E-state index contributed by atoms with van der Waals surface area (Å²) in [5, 5.41) is 3.36. The molecule has 0 radical (unpaired) electrons. The number of hydrogen-bond donors (Lipinski definition) is 0. The van der Waals surface area contributed by atoms with E-state index in [0.717, 1.165) is 16.1 Å². The van der Waals surface area contributed by atoms with Gasteiger partial charge in [-0.15, -0.1) is 0 Å². The van der Waals surface area contributed by atoms with Gasteiger partial charge < -0.3 is 4.57 Å². The molecule has 0 atom stereocenters. The molecule has 0 saturated carbocycles. The van der Waals surface area contributed by atoms with Gasteiger partial charge in [0.1, 0.15) is 0 Å². The van der Waals surface area contributed by atoms with E-state index >= 15 is 0 Å². The van der Waals surface area contributed by atoms with E-state index < -0.39 is 0 Å². The third-order valence-corrected chi connectivity index (χ3v) is 8.54. The van der Waals surface area contributed by atoms with Gasteiger partial charge in [-0.3, -0.25) is 0 Å². The van der Waals surface area contributed by atoms with Crippen molar-refractivity contribution in [1.82, 2.24) is 4.57 Å². The smallest absolute Gasteiger partial charge is 0.0623 e. The van der Waals surface area contributed by atoms with E-state index in [1.807, 2.05) is 12.1 Å². The Morgan fingerprint density at radius 1 is 0.629 bits per heavy atom. The van der Waals surface area contributed by atoms with Crippen LogP contribution in [0, 0.1) is 0 Å². The third-order valence-electron chi connectivity index (χ3n) is 8.21. The summed E-state index contributed by atoms with van der Waals surface area (Å²) in [6.45, 7) is 4.73. The highest BCUT2D eigenvalue weighted by atomic mass is 35.5. The van der Waals surface area contributed by atoms with Crippen molar-refractivity contribution in [3.63, 3.8) is 0 Å². The number of rotatable bonds is 1. The van der Waals surface area contributed by atoms with Gasteiger partial charge in [0.05, 0.1) is 16.7 Å². The number of benzene rings is 5. The lowest BCUT2D eigenvalue weighted by Crippen LogP contribution is -2.15. The maximum atomic E-state index is 6.62. The number of hydrogen-bond acceptors (Lipinski definition) is 0. The second kappa shape index (κ2) is 6.44. The molecular formula is C33H22ClN. The third kappa shape index (κ3) is 2.30. The fourth-order valence-corrected chi connectivity index (χ4v) is 6.85. The number of fused-ring (bicyclic) bond motifs is 6. The Balaban J connectivity index is 1.62. The molecule has 0 unspecified atom stereocenters. The summed E-state index contributed by atoms with van der Waals surface area (Å²) in [6.07, 6.45) is 0. The first kappa shape index (κ1) is 19.5. The molecule has 1 nitrogen and oxygen atoms in total. The van der Waals surface area contributed by atoms with Crippen molar-refractivity contribution in [2.75, 3.05) is 0 Å². The molecule has 0 fully saturated rings. The molecule has 0 spiro atoms. The molecule has 5 aromatic carbocycles. The second-order valence-electron chi connectivity index (χ2n) is 10.3. The van der Waals surface area contributed by atoms with Crippen LogP contribution in [0.4, 0.5) is 0 Å². The van der Waals surface area contributed by atoms with E-state index in [1.165, 1.54) is 60.9 Å². The lowest BCUT2D eigenvalue weighted by Gasteiger charge is -2.22. The molecule has 0 saturated heterocycles. The van der Waals surface area contributed by atoms with E-state index in [9.17, 15) is 0 Å². The predicted octanol–water partition coefficient (Wildman–Crippen LogP) is 9.39. The number of nitrogens with zero attached hydrogens (tertiary/aromatic N) is 1. The summed E-state index contributed by atoms with van der Waals surface area (Å²) in [7, 11) is 0. The van der Waals surface area contributed by atoms with Gasteiger partial charge in [-0.05, 0) is 46.0 Å². The summed E-state index contributed by atoms with van der Waals surface area (Å²) in [6, 6.07) is 35.3. The Morgan fingerprint density at radius 2 is 1.34 bits per heavy atom. The Labute approximate surface area is 209 Å². The van der Waals surface area contributed by atoms with Crippen LogP contribution in [0.3, 0.4) is 0 Å². The van der Waals surface area contributed by atoms with Crippen LogP contribution in [-0.2, 0) is 5.41 Å². The minimum Gasteiger partial charge on any atom is -0.308 e. The quantitative estimate of drug-likeness (QED) is 0.226. The number of aromatic nitrogens is 1. The average molecular weight is 468 g/mol. The zero-order valence-electron chi connectivity index (χ0n) is 19.6. The van der Waals surface area contributed by atoms with Gasteiger partial charge in [-0.25, -0.2) is 0 Å². The molecule has 0 amide bonds. The van der Waals surface area contributed by atoms with Gasteiger partial charge in [0.25, 0.3) is 0 Å². The van der Waals surface area contributed by atoms with Crippen LogP contribution in [0.25, 0.3) is 60.9 Å². The average Bonchev–Trinajstić information content (AvgIpc) is 3.27. The van der Waals surface area contributed by atoms with Crippen LogP contribution < -0.4 is 0 Å². The molecule has 0 N–H and O–H groups in total. The molecular weight excluding hydrogens is 446 g/mol. The molecule has 2 heterocycles. The van der Waals surface area contributed by atoms with Crippen LogP contribution in [0.15, 0.2) is 97.1 Å². The summed E-state index contributed by atoms with van der Waals surface area (Å²) in [5.41, 5.74) is 14.2. The van der Waals surface area contributed by atoms with Crippen molar-refractivity contribution in [2.24, 2.45) is 0 Å². The first-order valence-electron chi connectivity index (χ1n) is 12.2. The second-order valence-corrected chi connectivity index (χ2v) is 10.7. The van der Waals surface area contributed by atoms with Crippen LogP contribution in [0.5, 0.6) is 0 Å². The van der Waals surface area contributed by atoms with E-state index in [4.69, 9.17) is 11.6 Å². The van der Waals surface area contributed by atoms with Crippen LogP contribution in [0.1, 0.15) is 25.0 Å². The summed E-state index contributed by atoms with van der Waals surface area (Å²) >= 11 is 6.62. The first-order chi connectivity index (χ1) is 17.1. The van der Waals surface area contributed by atoms with Crippen molar-refractivity contribution in [3.8, 4) is 39.1 Å². The largest absolute Gasteiger partial charge is 0.308 e. The highest BCUT2D eigenvalue weighted by Gasteiger charge is 2.40. The van der Waals surface area contributed by atoms with E-state index in [2.05, 4.69) is 103 Å². The zero-order chi connectivity index (χ0) is 23.5. The number of halogens is 1. The van der Waals surface area contributed by atoms with Gasteiger partial charge in [-0.2, -0.15) is 0 Å². The fraction of sp³-hybridized carbons (Fsp3) is 0.0909. The standard InChI is InChI=1S/C33H22ClN/c1-33(2)25-11-7-10-23-21-9-4-6-13-28(21)35-29-18-19(20-8-3-5-12-27(20)34)14-15-22(29)24-16-17-26(33)31(30(23)25)32(24)35/h3-18H,1-2H3. The van der Waals surface area contributed by atoms with Gasteiger partial charge >= 0.3 is 0 Å². The van der Waals surface area contributed by atoms with Crippen LogP contribution in [-0.4, -0.2) is 4.57 Å². The Kier molecular flexibility index (Phi) is 3.59. The molecule has 0 bridgehead atoms. The Morgan fingerprint density at radius 3 is 2.20 bits per heavy atom. The predicted molar refractivity (Wildman–Crippen MR) is 148 cm³/mol. The Bertz CT molecular complexity index is 1890. The van der Waals surface area contributed by atoms with Crippen molar-refractivity contribution < 1.29 is 0 Å². The summed E-state index contributed by atoms with van der Waals surface area (Å²) < 4.78 is 2.50. The minimum absolute atomic E-state index is 0.0365. The lowest BCUT2D eigenvalue weighted by atomic mass is 9.81. The highest BCUT2D eigenvalue weighted by Crippen LogP contribution is 2.57. The molecule has 2 heteroatoms. The maximum absolute atomic E-state index is 6.62. The van der Waals surface area contributed by atoms with Gasteiger partial charge in [0.2, 0.25) is 0 Å². The van der Waals surface area contributed by atoms with E-state index in [1.54, 1.807) is 0 Å². The molecule has 166 valence electrons. The highest BCUT2D eigenvalue weighted by molar-refractivity contribution is 6.33. The van der Waals surface area contributed by atoms with Crippen molar-refractivity contribution in [3.05, 3.63) is 113 Å². The molecule has 1 aliphatic carbocycles. The topological polar surface area (TPSA) is 4.93 Å². The monoisotopic (exact) mass is 467 g/mol. The van der Waals surface area contributed by atoms with Gasteiger partial charge in [0.15, 0.2) is 0 Å². The first-order valence-corrected chi connectivity index (χ1v) is 12.5. The van der Waals surface area contributed by atoms with Crippen LogP contribution in [0.2, 0.25) is 5.02 Å². The van der Waals surface area contributed by atoms with E-state index in [0.29, 0.717) is 0 Å². The molecule has 1 aromatic heterocycles. The molecule has 35 heavy (non-hydrogen) atoms. The summed E-state index contributed by atoms with van der Waals surface area (Å²) in [5.74, 6) is 0. The lowest BCUT2D eigenvalue weighted by molar-refractivity contribution is 0.661. The molecule has 1 aliphatic heterocycles. The number of para-hydroxylation sites is 1. The minimum atomic E-state index is -0.0365. The summed E-state index contributed by atoms with van der Waals surface area (Å²) in [4.78, 5) is 0. The van der Waals surface area contributed by atoms with Gasteiger partial charge in [0, 0.05) is 37.9 Å². The molecule has 6 aromatic rings.